The predicted octanol–water partition coefficient (Wildman–Crippen LogP) is 1.31. The maximum absolute atomic E-state index is 12.9. The summed E-state index contributed by atoms with van der Waals surface area (Å²) in [5.74, 6) is -0.487. The van der Waals surface area contributed by atoms with Crippen LogP contribution in [0.3, 0.4) is 0 Å². The average Bonchev–Trinajstić information content (AvgIpc) is 3.06. The van der Waals surface area contributed by atoms with Crippen LogP contribution in [0.2, 0.25) is 0 Å². The Morgan fingerprint density at radius 2 is 1.59 bits per heavy atom. The third-order valence-electron chi connectivity index (χ3n) is 4.49. The van der Waals surface area contributed by atoms with Crippen molar-refractivity contribution in [3.8, 4) is 0 Å². The fourth-order valence-corrected chi connectivity index (χ4v) is 3.11. The monoisotopic (exact) mass is 415 g/mol. The van der Waals surface area contributed by atoms with E-state index in [1.54, 1.807) is 20.8 Å². The summed E-state index contributed by atoms with van der Waals surface area (Å²) in [7, 11) is 0. The molecule has 1 aliphatic rings. The molecular weight excluding hydrogens is 378 g/mol. The molecule has 0 unspecified atom stereocenters. The van der Waals surface area contributed by atoms with Gasteiger partial charge < -0.3 is 29.7 Å². The van der Waals surface area contributed by atoms with Crippen molar-refractivity contribution in [1.29, 1.82) is 0 Å². The molecule has 0 aromatic carbocycles. The van der Waals surface area contributed by atoms with Gasteiger partial charge in [0.05, 0.1) is 18.6 Å². The van der Waals surface area contributed by atoms with E-state index in [-0.39, 0.29) is 24.8 Å². The van der Waals surface area contributed by atoms with Crippen molar-refractivity contribution in [3.63, 3.8) is 0 Å². The van der Waals surface area contributed by atoms with Crippen LogP contribution >= 0.6 is 0 Å². The highest BCUT2D eigenvalue weighted by Gasteiger charge is 2.48. The van der Waals surface area contributed by atoms with Gasteiger partial charge in [0, 0.05) is 45.8 Å². The SMILES string of the molecule is CCOCCNC(=O)C[C@@]1(C(=O)NCCOCC)CCN(C(=O)OC(C)(C)C)C1. The van der Waals surface area contributed by atoms with Gasteiger partial charge in [0.15, 0.2) is 0 Å². The summed E-state index contributed by atoms with van der Waals surface area (Å²) >= 11 is 0. The van der Waals surface area contributed by atoms with Crippen LogP contribution in [0.1, 0.15) is 47.5 Å². The lowest BCUT2D eigenvalue weighted by Gasteiger charge is -2.29. The minimum Gasteiger partial charge on any atom is -0.444 e. The van der Waals surface area contributed by atoms with E-state index in [2.05, 4.69) is 10.6 Å². The van der Waals surface area contributed by atoms with E-state index in [0.29, 0.717) is 52.5 Å². The van der Waals surface area contributed by atoms with Gasteiger partial charge in [-0.15, -0.1) is 0 Å². The quantitative estimate of drug-likeness (QED) is 0.493. The highest BCUT2D eigenvalue weighted by atomic mass is 16.6. The van der Waals surface area contributed by atoms with Gasteiger partial charge in [-0.1, -0.05) is 0 Å². The van der Waals surface area contributed by atoms with Gasteiger partial charge in [-0.2, -0.15) is 0 Å². The fraction of sp³-hybridized carbons (Fsp3) is 0.850. The summed E-state index contributed by atoms with van der Waals surface area (Å²) in [5, 5.41) is 5.62. The second kappa shape index (κ2) is 12.0. The van der Waals surface area contributed by atoms with Crippen LogP contribution in [0.15, 0.2) is 0 Å². The lowest BCUT2D eigenvalue weighted by molar-refractivity contribution is -0.136. The molecule has 0 radical (unpaired) electrons. The molecule has 9 heteroatoms. The lowest BCUT2D eigenvalue weighted by atomic mass is 9.82. The first kappa shape index (κ1) is 25.2. The Kier molecular flexibility index (Phi) is 10.4. The van der Waals surface area contributed by atoms with E-state index >= 15 is 0 Å². The Balaban J connectivity index is 2.77. The molecule has 1 rings (SSSR count). The van der Waals surface area contributed by atoms with E-state index in [1.165, 1.54) is 4.90 Å². The van der Waals surface area contributed by atoms with E-state index in [0.717, 1.165) is 0 Å². The summed E-state index contributed by atoms with van der Waals surface area (Å²) in [4.78, 5) is 39.3. The summed E-state index contributed by atoms with van der Waals surface area (Å²) in [6.45, 7) is 12.3. The molecule has 2 N–H and O–H groups in total. The summed E-state index contributed by atoms with van der Waals surface area (Å²) in [5.41, 5.74) is -1.61. The van der Waals surface area contributed by atoms with Crippen molar-refractivity contribution < 1.29 is 28.6 Å². The molecule has 0 bridgehead atoms. The van der Waals surface area contributed by atoms with Crippen molar-refractivity contribution >= 4 is 17.9 Å². The number of hydrogen-bond acceptors (Lipinski definition) is 6. The van der Waals surface area contributed by atoms with Crippen LogP contribution < -0.4 is 10.6 Å². The number of carbonyl (C=O) groups excluding carboxylic acids is 3. The molecule has 1 heterocycles. The van der Waals surface area contributed by atoms with Crippen molar-refractivity contribution in [3.05, 3.63) is 0 Å². The van der Waals surface area contributed by atoms with Gasteiger partial charge in [-0.25, -0.2) is 4.79 Å². The Labute approximate surface area is 173 Å². The molecule has 0 aromatic heterocycles. The van der Waals surface area contributed by atoms with Crippen LogP contribution in [-0.2, 0) is 23.8 Å². The normalized spacial score (nSPS) is 19.1. The van der Waals surface area contributed by atoms with Gasteiger partial charge >= 0.3 is 6.09 Å². The maximum Gasteiger partial charge on any atom is 0.410 e. The fourth-order valence-electron chi connectivity index (χ4n) is 3.11. The van der Waals surface area contributed by atoms with E-state index in [4.69, 9.17) is 14.2 Å². The first-order valence-corrected chi connectivity index (χ1v) is 10.3. The highest BCUT2D eigenvalue weighted by molar-refractivity contribution is 5.90. The molecular formula is C20H37N3O6. The zero-order valence-corrected chi connectivity index (χ0v) is 18.5. The van der Waals surface area contributed by atoms with Crippen molar-refractivity contribution in [2.24, 2.45) is 5.41 Å². The van der Waals surface area contributed by atoms with E-state index < -0.39 is 17.1 Å². The van der Waals surface area contributed by atoms with Gasteiger partial charge in [0.1, 0.15) is 5.60 Å². The number of likely N-dealkylation sites (tertiary alicyclic amines) is 1. The minimum absolute atomic E-state index is 0.00110. The third-order valence-corrected chi connectivity index (χ3v) is 4.49. The molecule has 168 valence electrons. The molecule has 3 amide bonds. The average molecular weight is 416 g/mol. The molecule has 0 spiro atoms. The minimum atomic E-state index is -0.987. The summed E-state index contributed by atoms with van der Waals surface area (Å²) in [6.07, 6.45) is -0.0805. The molecule has 29 heavy (non-hydrogen) atoms. The van der Waals surface area contributed by atoms with Gasteiger partial charge in [-0.3, -0.25) is 9.59 Å². The predicted molar refractivity (Wildman–Crippen MR) is 108 cm³/mol. The number of nitrogens with zero attached hydrogens (tertiary/aromatic N) is 1. The molecule has 0 aromatic rings. The first-order valence-electron chi connectivity index (χ1n) is 10.3. The van der Waals surface area contributed by atoms with Crippen LogP contribution in [0, 0.1) is 5.41 Å². The van der Waals surface area contributed by atoms with Gasteiger partial charge in [0.2, 0.25) is 11.8 Å². The first-order chi connectivity index (χ1) is 13.6. The highest BCUT2D eigenvalue weighted by Crippen LogP contribution is 2.35. The van der Waals surface area contributed by atoms with Crippen molar-refractivity contribution in [2.75, 3.05) is 52.6 Å². The van der Waals surface area contributed by atoms with Gasteiger partial charge in [0.25, 0.3) is 0 Å². The standard InChI is InChI=1S/C20H37N3O6/c1-6-27-12-9-21-16(24)14-20(17(25)22-10-13-28-7-2)8-11-23(15-20)18(26)29-19(3,4)5/h6-15H2,1-5H3,(H,21,24)(H,22,25)/t20-/m0/s1. The molecule has 1 atom stereocenters. The van der Waals surface area contributed by atoms with Crippen molar-refractivity contribution in [2.45, 2.75) is 53.1 Å². The second-order valence-electron chi connectivity index (χ2n) is 8.11. The van der Waals surface area contributed by atoms with Crippen LogP contribution in [0.5, 0.6) is 0 Å². The molecule has 1 fully saturated rings. The zero-order chi connectivity index (χ0) is 21.9. The lowest BCUT2D eigenvalue weighted by Crippen LogP contribution is -2.48. The number of amides is 3. The smallest absolute Gasteiger partial charge is 0.410 e. The number of hydrogen-bond donors (Lipinski definition) is 2. The second-order valence-corrected chi connectivity index (χ2v) is 8.11. The van der Waals surface area contributed by atoms with Crippen LogP contribution in [0.4, 0.5) is 4.79 Å². The maximum atomic E-state index is 12.9. The molecule has 9 nitrogen and oxygen atoms in total. The zero-order valence-electron chi connectivity index (χ0n) is 18.5. The van der Waals surface area contributed by atoms with Crippen molar-refractivity contribution in [1.82, 2.24) is 15.5 Å². The Morgan fingerprint density at radius 1 is 1.00 bits per heavy atom. The Hall–Kier alpha value is -1.87. The Bertz CT molecular complexity index is 549. The number of carbonyl (C=O) groups is 3. The summed E-state index contributed by atoms with van der Waals surface area (Å²) < 4.78 is 15.9. The van der Waals surface area contributed by atoms with E-state index in [9.17, 15) is 14.4 Å². The van der Waals surface area contributed by atoms with E-state index in [1.807, 2.05) is 13.8 Å². The Morgan fingerprint density at radius 3 is 2.14 bits per heavy atom. The molecule has 1 aliphatic heterocycles. The van der Waals surface area contributed by atoms with Crippen LogP contribution in [-0.4, -0.2) is 81.0 Å². The van der Waals surface area contributed by atoms with Crippen LogP contribution in [0.25, 0.3) is 0 Å². The molecule has 0 aliphatic carbocycles. The number of ether oxygens (including phenoxy) is 3. The number of rotatable bonds is 11. The molecule has 1 saturated heterocycles. The summed E-state index contributed by atoms with van der Waals surface area (Å²) in [6, 6.07) is 0. The third kappa shape index (κ3) is 8.99. The largest absolute Gasteiger partial charge is 0.444 e. The number of nitrogens with one attached hydrogen (secondary N) is 2. The topological polar surface area (TPSA) is 106 Å². The van der Waals surface area contributed by atoms with Gasteiger partial charge in [-0.05, 0) is 41.0 Å². The molecule has 0 saturated carbocycles.